The van der Waals surface area contributed by atoms with Crippen LogP contribution in [0.5, 0.6) is 0 Å². The number of aryl methyl sites for hydroxylation is 2. The molecular formula is C20H27N3O5. The molecule has 1 saturated heterocycles. The molecule has 0 aliphatic carbocycles. The van der Waals surface area contributed by atoms with Gasteiger partial charge < -0.3 is 15.4 Å². The third kappa shape index (κ3) is 4.49. The van der Waals surface area contributed by atoms with E-state index in [4.69, 9.17) is 4.74 Å². The van der Waals surface area contributed by atoms with Gasteiger partial charge in [0.05, 0.1) is 0 Å². The van der Waals surface area contributed by atoms with Crippen molar-refractivity contribution in [3.63, 3.8) is 0 Å². The molecule has 1 aliphatic heterocycles. The number of para-hydroxylation sites is 1. The highest BCUT2D eigenvalue weighted by molar-refractivity contribution is 6.08. The van der Waals surface area contributed by atoms with Crippen molar-refractivity contribution < 1.29 is 23.9 Å². The van der Waals surface area contributed by atoms with Gasteiger partial charge in [0.15, 0.2) is 6.61 Å². The van der Waals surface area contributed by atoms with Crippen molar-refractivity contribution in [1.29, 1.82) is 0 Å². The Balaban J connectivity index is 1.93. The van der Waals surface area contributed by atoms with Crippen LogP contribution in [-0.4, -0.2) is 47.4 Å². The second-order valence-electron chi connectivity index (χ2n) is 6.87. The number of ether oxygens (including phenoxy) is 1. The highest BCUT2D eigenvalue weighted by Gasteiger charge is 2.47. The Kier molecular flexibility index (Phi) is 6.77. The molecule has 0 saturated carbocycles. The number of nitrogens with zero attached hydrogens (tertiary/aromatic N) is 1. The van der Waals surface area contributed by atoms with Crippen LogP contribution in [-0.2, 0) is 32.0 Å². The maximum atomic E-state index is 12.3. The fourth-order valence-electron chi connectivity index (χ4n) is 3.03. The molecule has 8 nitrogen and oxygen atoms in total. The Labute approximate surface area is 164 Å². The van der Waals surface area contributed by atoms with Gasteiger partial charge in [0.25, 0.3) is 11.8 Å². The van der Waals surface area contributed by atoms with Gasteiger partial charge in [0, 0.05) is 5.69 Å². The Morgan fingerprint density at radius 1 is 1.14 bits per heavy atom. The Hall–Kier alpha value is -2.90. The first-order valence-electron chi connectivity index (χ1n) is 9.46. The van der Waals surface area contributed by atoms with Gasteiger partial charge in [0.1, 0.15) is 12.1 Å². The largest absolute Gasteiger partial charge is 0.454 e. The van der Waals surface area contributed by atoms with E-state index in [1.54, 1.807) is 13.8 Å². The van der Waals surface area contributed by atoms with E-state index in [1.807, 2.05) is 32.0 Å². The number of carbonyl (C=O) groups excluding carboxylic acids is 4. The fraction of sp³-hybridized carbons (Fsp3) is 0.500. The summed E-state index contributed by atoms with van der Waals surface area (Å²) in [6.07, 6.45) is 1.92. The van der Waals surface area contributed by atoms with E-state index < -0.39 is 42.5 Å². The molecular weight excluding hydrogens is 362 g/mol. The number of nitrogens with one attached hydrogen (secondary N) is 2. The van der Waals surface area contributed by atoms with E-state index in [-0.39, 0.29) is 0 Å². The SMILES string of the molecule is CCc1cccc(CC)c1NC(=O)COC(=O)CN1C(=O)N[C@@](C)(CC)C1=O. The molecule has 1 heterocycles. The van der Waals surface area contributed by atoms with Gasteiger partial charge >= 0.3 is 12.0 Å². The lowest BCUT2D eigenvalue weighted by molar-refractivity contribution is -0.150. The molecule has 1 atom stereocenters. The smallest absolute Gasteiger partial charge is 0.326 e. The number of hydrogen-bond acceptors (Lipinski definition) is 5. The van der Waals surface area contributed by atoms with Gasteiger partial charge in [-0.2, -0.15) is 0 Å². The molecule has 4 amide bonds. The minimum absolute atomic E-state index is 0.405. The quantitative estimate of drug-likeness (QED) is 0.523. The lowest BCUT2D eigenvalue weighted by Crippen LogP contribution is -2.43. The Morgan fingerprint density at radius 3 is 2.25 bits per heavy atom. The molecule has 28 heavy (non-hydrogen) atoms. The summed E-state index contributed by atoms with van der Waals surface area (Å²) in [6.45, 7) is 6.33. The third-order valence-electron chi connectivity index (χ3n) is 4.97. The molecule has 0 spiro atoms. The number of hydrogen-bond donors (Lipinski definition) is 2. The number of amides is 4. The molecule has 1 aliphatic rings. The molecule has 0 bridgehead atoms. The van der Waals surface area contributed by atoms with Gasteiger partial charge in [-0.3, -0.25) is 19.3 Å². The number of rotatable bonds is 8. The van der Waals surface area contributed by atoms with Crippen molar-refractivity contribution in [3.05, 3.63) is 29.3 Å². The van der Waals surface area contributed by atoms with Crippen LogP contribution in [0.3, 0.4) is 0 Å². The second kappa shape index (κ2) is 8.86. The third-order valence-corrected chi connectivity index (χ3v) is 4.97. The zero-order valence-electron chi connectivity index (χ0n) is 16.8. The molecule has 152 valence electrons. The van der Waals surface area contributed by atoms with Crippen LogP contribution in [0.25, 0.3) is 0 Å². The van der Waals surface area contributed by atoms with Gasteiger partial charge in [0.2, 0.25) is 0 Å². The molecule has 1 aromatic rings. The summed E-state index contributed by atoms with van der Waals surface area (Å²) in [5.41, 5.74) is 1.71. The number of urea groups is 1. The van der Waals surface area contributed by atoms with Crippen molar-refractivity contribution in [2.24, 2.45) is 0 Å². The highest BCUT2D eigenvalue weighted by atomic mass is 16.5. The minimum Gasteiger partial charge on any atom is -0.454 e. The second-order valence-corrected chi connectivity index (χ2v) is 6.87. The van der Waals surface area contributed by atoms with Crippen molar-refractivity contribution >= 4 is 29.5 Å². The van der Waals surface area contributed by atoms with Crippen LogP contribution in [0.2, 0.25) is 0 Å². The van der Waals surface area contributed by atoms with E-state index in [1.165, 1.54) is 0 Å². The maximum Gasteiger partial charge on any atom is 0.326 e. The standard InChI is InChI=1S/C20H27N3O5/c1-5-13-9-8-10-14(6-2)17(13)21-15(24)12-28-16(25)11-23-18(26)20(4,7-3)22-19(23)27/h8-10H,5-7,11-12H2,1-4H3,(H,21,24)(H,22,27)/t20-/m0/s1. The first-order chi connectivity index (χ1) is 13.3. The Morgan fingerprint density at radius 2 is 1.75 bits per heavy atom. The zero-order chi connectivity index (χ0) is 20.9. The summed E-state index contributed by atoms with van der Waals surface area (Å²) >= 11 is 0. The average molecular weight is 389 g/mol. The summed E-state index contributed by atoms with van der Waals surface area (Å²) in [6, 6.07) is 5.17. The normalized spacial score (nSPS) is 18.8. The molecule has 0 unspecified atom stereocenters. The van der Waals surface area contributed by atoms with E-state index in [2.05, 4.69) is 10.6 Å². The number of benzene rings is 1. The molecule has 1 fully saturated rings. The number of anilines is 1. The Bertz CT molecular complexity index is 770. The predicted octanol–water partition coefficient (Wildman–Crippen LogP) is 2.01. The number of imide groups is 1. The lowest BCUT2D eigenvalue weighted by Gasteiger charge is -2.19. The lowest BCUT2D eigenvalue weighted by atomic mass is 9.99. The molecule has 2 N–H and O–H groups in total. The van der Waals surface area contributed by atoms with Crippen LogP contribution in [0.4, 0.5) is 10.5 Å². The maximum absolute atomic E-state index is 12.3. The minimum atomic E-state index is -1.02. The fourth-order valence-corrected chi connectivity index (χ4v) is 3.03. The summed E-state index contributed by atoms with van der Waals surface area (Å²) < 4.78 is 4.96. The summed E-state index contributed by atoms with van der Waals surface area (Å²) in [7, 11) is 0. The van der Waals surface area contributed by atoms with Gasteiger partial charge in [-0.1, -0.05) is 39.0 Å². The summed E-state index contributed by atoms with van der Waals surface area (Å²) in [4.78, 5) is 49.2. The van der Waals surface area contributed by atoms with E-state index in [0.717, 1.165) is 34.6 Å². The monoisotopic (exact) mass is 389 g/mol. The van der Waals surface area contributed by atoms with Crippen molar-refractivity contribution in [3.8, 4) is 0 Å². The highest BCUT2D eigenvalue weighted by Crippen LogP contribution is 2.23. The van der Waals surface area contributed by atoms with Crippen molar-refractivity contribution in [2.75, 3.05) is 18.5 Å². The topological polar surface area (TPSA) is 105 Å². The van der Waals surface area contributed by atoms with Crippen LogP contribution in [0, 0.1) is 0 Å². The van der Waals surface area contributed by atoms with Crippen molar-refractivity contribution in [2.45, 2.75) is 52.5 Å². The molecule has 8 heteroatoms. The van der Waals surface area contributed by atoms with E-state index >= 15 is 0 Å². The summed E-state index contributed by atoms with van der Waals surface area (Å²) in [5.74, 6) is -1.77. The van der Waals surface area contributed by atoms with Crippen molar-refractivity contribution in [1.82, 2.24) is 10.2 Å². The molecule has 1 aromatic carbocycles. The molecule has 0 radical (unpaired) electrons. The van der Waals surface area contributed by atoms with Crippen LogP contribution in [0.15, 0.2) is 18.2 Å². The number of carbonyl (C=O) groups is 4. The number of esters is 1. The van der Waals surface area contributed by atoms with Crippen LogP contribution < -0.4 is 10.6 Å². The van der Waals surface area contributed by atoms with E-state index in [9.17, 15) is 19.2 Å². The van der Waals surface area contributed by atoms with E-state index in [0.29, 0.717) is 6.42 Å². The zero-order valence-corrected chi connectivity index (χ0v) is 16.8. The summed E-state index contributed by atoms with van der Waals surface area (Å²) in [5, 5.41) is 5.35. The molecule has 2 rings (SSSR count). The van der Waals surface area contributed by atoms with Gasteiger partial charge in [-0.15, -0.1) is 0 Å². The predicted molar refractivity (Wildman–Crippen MR) is 104 cm³/mol. The molecule has 0 aromatic heterocycles. The van der Waals surface area contributed by atoms with Crippen LogP contribution >= 0.6 is 0 Å². The first-order valence-corrected chi connectivity index (χ1v) is 9.46. The van der Waals surface area contributed by atoms with Crippen LogP contribution in [0.1, 0.15) is 45.2 Å². The van der Waals surface area contributed by atoms with Gasteiger partial charge in [-0.25, -0.2) is 4.79 Å². The van der Waals surface area contributed by atoms with Gasteiger partial charge in [-0.05, 0) is 37.3 Å². The average Bonchev–Trinajstić information content (AvgIpc) is 2.90. The first kappa shape index (κ1) is 21.4.